The smallest absolute Gasteiger partial charge is 0.311 e. The van der Waals surface area contributed by atoms with Crippen molar-refractivity contribution in [3.8, 4) is 11.5 Å². The SMILES string of the molecule is O=C(O)C(CC(O)NC(=NCCN=C(NC(O)CC(C(=O)O)c1ccccc1O)C(O)O)C(O)O)c1ccccc1O. The lowest BCUT2D eigenvalue weighted by Gasteiger charge is -2.21. The van der Waals surface area contributed by atoms with Gasteiger partial charge >= 0.3 is 11.9 Å². The molecule has 4 unspecified atom stereocenters. The van der Waals surface area contributed by atoms with Crippen molar-refractivity contribution in [3.63, 3.8) is 0 Å². The molecule has 230 valence electrons. The molecule has 0 saturated carbocycles. The maximum atomic E-state index is 11.7. The van der Waals surface area contributed by atoms with E-state index in [0.717, 1.165) is 0 Å². The summed E-state index contributed by atoms with van der Waals surface area (Å²) in [5, 5.41) is 102. The molecule has 0 bridgehead atoms. The molecule has 0 fully saturated rings. The number of carboxylic acids is 2. The Morgan fingerprint density at radius 2 is 0.952 bits per heavy atom. The Balaban J connectivity index is 2.04. The van der Waals surface area contributed by atoms with E-state index in [0.29, 0.717) is 0 Å². The van der Waals surface area contributed by atoms with Gasteiger partial charge in [0.25, 0.3) is 0 Å². The number of para-hydroxylation sites is 2. The first-order chi connectivity index (χ1) is 19.8. The molecule has 0 heterocycles. The number of carboxylic acid groups (broad SMARTS) is 2. The standard InChI is InChI=1S/C26H34N4O12/c31-17-7-3-1-5-13(17)15(23(35)36)11-19(33)29-21(25(39)40)27-9-10-28-22(26(41)42)30-20(34)12-16(24(37)38)14-6-2-4-8-18(14)32/h1-8,15-16,19-20,25-26,31-34,39-42H,9-12H2,(H,27,29)(H,28,30)(H,35,36)(H,37,38). The molecule has 0 aliphatic carbocycles. The summed E-state index contributed by atoms with van der Waals surface area (Å²) in [4.78, 5) is 31.0. The van der Waals surface area contributed by atoms with E-state index in [1.54, 1.807) is 0 Å². The number of hydrogen-bond donors (Lipinski definition) is 12. The van der Waals surface area contributed by atoms with Crippen LogP contribution in [-0.2, 0) is 9.59 Å². The molecule has 16 nitrogen and oxygen atoms in total. The largest absolute Gasteiger partial charge is 0.508 e. The molecule has 2 aromatic carbocycles. The van der Waals surface area contributed by atoms with Crippen LogP contribution in [0, 0.1) is 0 Å². The molecular formula is C26H34N4O12. The number of aliphatic imine (C=N–C) groups is 2. The average molecular weight is 595 g/mol. The van der Waals surface area contributed by atoms with Crippen molar-refractivity contribution in [2.45, 2.75) is 49.7 Å². The molecule has 2 aromatic rings. The van der Waals surface area contributed by atoms with E-state index in [1.165, 1.54) is 48.5 Å². The van der Waals surface area contributed by atoms with E-state index in [-0.39, 0.29) is 35.7 Å². The van der Waals surface area contributed by atoms with Gasteiger partial charge in [0.15, 0.2) is 11.7 Å². The number of aliphatic hydroxyl groups excluding tert-OH is 4. The van der Waals surface area contributed by atoms with Gasteiger partial charge in [-0.05, 0) is 12.1 Å². The number of hydrogen-bond acceptors (Lipinski definition) is 12. The first kappa shape index (κ1) is 33.9. The second-order valence-corrected chi connectivity index (χ2v) is 8.97. The number of aliphatic carboxylic acids is 2. The van der Waals surface area contributed by atoms with Crippen LogP contribution in [0.1, 0.15) is 35.8 Å². The number of nitrogens with one attached hydrogen (secondary N) is 2. The highest BCUT2D eigenvalue weighted by atomic mass is 16.5. The molecule has 12 N–H and O–H groups in total. The van der Waals surface area contributed by atoms with Crippen molar-refractivity contribution < 1.29 is 60.7 Å². The molecule has 16 heteroatoms. The molecule has 0 radical (unpaired) electrons. The second-order valence-electron chi connectivity index (χ2n) is 8.97. The van der Waals surface area contributed by atoms with Crippen LogP contribution in [0.4, 0.5) is 0 Å². The van der Waals surface area contributed by atoms with E-state index in [2.05, 4.69) is 20.6 Å². The number of phenols is 2. The first-order valence-electron chi connectivity index (χ1n) is 12.5. The number of rotatable bonds is 15. The second kappa shape index (κ2) is 16.2. The Hall–Kier alpha value is -4.32. The Bertz CT molecular complexity index is 1160. The normalized spacial score (nSPS) is 15.2. The van der Waals surface area contributed by atoms with Crippen LogP contribution in [0.2, 0.25) is 0 Å². The Kier molecular flexibility index (Phi) is 13.1. The lowest BCUT2D eigenvalue weighted by atomic mass is 9.94. The highest BCUT2D eigenvalue weighted by Gasteiger charge is 2.28. The van der Waals surface area contributed by atoms with Gasteiger partial charge in [0.2, 0.25) is 12.6 Å². The molecule has 2 rings (SSSR count). The van der Waals surface area contributed by atoms with Gasteiger partial charge in [-0.1, -0.05) is 36.4 Å². The van der Waals surface area contributed by atoms with Crippen molar-refractivity contribution in [1.82, 2.24) is 10.6 Å². The minimum absolute atomic E-state index is 0.0308. The molecule has 0 amide bonds. The lowest BCUT2D eigenvalue weighted by molar-refractivity contribution is -0.140. The zero-order valence-corrected chi connectivity index (χ0v) is 22.1. The Morgan fingerprint density at radius 1 is 0.619 bits per heavy atom. The Labute approximate surface area is 239 Å². The third-order valence-electron chi connectivity index (χ3n) is 5.92. The summed E-state index contributed by atoms with van der Waals surface area (Å²) in [6.45, 7) is -0.643. The van der Waals surface area contributed by atoms with Gasteiger partial charge in [0.1, 0.15) is 24.0 Å². The highest BCUT2D eigenvalue weighted by Crippen LogP contribution is 2.30. The minimum Gasteiger partial charge on any atom is -0.508 e. The molecule has 42 heavy (non-hydrogen) atoms. The van der Waals surface area contributed by atoms with Crippen molar-refractivity contribution >= 4 is 23.6 Å². The Morgan fingerprint density at radius 3 is 1.24 bits per heavy atom. The number of carbonyl (C=O) groups is 2. The van der Waals surface area contributed by atoms with Gasteiger partial charge in [-0.3, -0.25) is 19.6 Å². The fourth-order valence-electron chi connectivity index (χ4n) is 3.94. The minimum atomic E-state index is -2.22. The fourth-order valence-corrected chi connectivity index (χ4v) is 3.94. The number of aliphatic hydroxyl groups is 6. The maximum Gasteiger partial charge on any atom is 0.311 e. The topological polar surface area (TPSA) is 285 Å². The first-order valence-corrected chi connectivity index (χ1v) is 12.5. The third kappa shape index (κ3) is 10.3. The summed E-state index contributed by atoms with van der Waals surface area (Å²) in [6, 6.07) is 11.3. The van der Waals surface area contributed by atoms with Gasteiger partial charge < -0.3 is 61.7 Å². The summed E-state index contributed by atoms with van der Waals surface area (Å²) in [5.74, 6) is -7.15. The zero-order chi connectivity index (χ0) is 31.4. The zero-order valence-electron chi connectivity index (χ0n) is 22.1. The summed E-state index contributed by atoms with van der Waals surface area (Å²) >= 11 is 0. The predicted molar refractivity (Wildman–Crippen MR) is 146 cm³/mol. The number of nitrogens with zero attached hydrogens (tertiary/aromatic N) is 2. The summed E-state index contributed by atoms with van der Waals surface area (Å²) in [5.41, 5.74) is 0.0616. The molecular weight excluding hydrogens is 560 g/mol. The van der Waals surface area contributed by atoms with E-state index >= 15 is 0 Å². The van der Waals surface area contributed by atoms with Crippen molar-refractivity contribution in [3.05, 3.63) is 59.7 Å². The van der Waals surface area contributed by atoms with Crippen LogP contribution in [-0.4, -0.2) is 113 Å². The van der Waals surface area contributed by atoms with E-state index in [4.69, 9.17) is 0 Å². The van der Waals surface area contributed by atoms with Gasteiger partial charge in [0.05, 0.1) is 24.9 Å². The van der Waals surface area contributed by atoms with Gasteiger partial charge in [-0.2, -0.15) is 0 Å². The van der Waals surface area contributed by atoms with Crippen molar-refractivity contribution in [2.75, 3.05) is 13.1 Å². The van der Waals surface area contributed by atoms with E-state index < -0.39 is 73.3 Å². The van der Waals surface area contributed by atoms with Crippen LogP contribution in [0.15, 0.2) is 58.5 Å². The molecule has 0 spiro atoms. The number of amidine groups is 2. The highest BCUT2D eigenvalue weighted by molar-refractivity contribution is 5.86. The van der Waals surface area contributed by atoms with Gasteiger partial charge in [-0.25, -0.2) is 0 Å². The van der Waals surface area contributed by atoms with Crippen LogP contribution in [0.5, 0.6) is 11.5 Å². The molecule has 0 saturated heterocycles. The van der Waals surface area contributed by atoms with Crippen molar-refractivity contribution in [2.24, 2.45) is 9.98 Å². The van der Waals surface area contributed by atoms with Crippen LogP contribution in [0.3, 0.4) is 0 Å². The predicted octanol–water partition coefficient (Wildman–Crippen LogP) is -1.85. The number of benzene rings is 2. The van der Waals surface area contributed by atoms with Crippen LogP contribution in [0.25, 0.3) is 0 Å². The molecule has 0 aliphatic rings. The third-order valence-corrected chi connectivity index (χ3v) is 5.92. The lowest BCUT2D eigenvalue weighted by Crippen LogP contribution is -2.43. The van der Waals surface area contributed by atoms with E-state index in [1.807, 2.05) is 0 Å². The number of aromatic hydroxyl groups is 2. The monoisotopic (exact) mass is 594 g/mol. The average Bonchev–Trinajstić information content (AvgIpc) is 2.91. The van der Waals surface area contributed by atoms with E-state index in [9.17, 15) is 60.7 Å². The van der Waals surface area contributed by atoms with Crippen LogP contribution >= 0.6 is 0 Å². The van der Waals surface area contributed by atoms with Crippen molar-refractivity contribution in [1.29, 1.82) is 0 Å². The van der Waals surface area contributed by atoms with Gasteiger partial charge in [-0.15, -0.1) is 0 Å². The molecule has 4 atom stereocenters. The maximum absolute atomic E-state index is 11.7. The van der Waals surface area contributed by atoms with Crippen LogP contribution < -0.4 is 10.6 Å². The summed E-state index contributed by atoms with van der Waals surface area (Å²) < 4.78 is 0. The summed E-state index contributed by atoms with van der Waals surface area (Å²) in [6.07, 6.45) is -8.71. The number of phenolic OH excluding ortho intramolecular Hbond substituents is 2. The quantitative estimate of drug-likeness (QED) is 0.0467. The van der Waals surface area contributed by atoms with Gasteiger partial charge in [0, 0.05) is 24.0 Å². The summed E-state index contributed by atoms with van der Waals surface area (Å²) in [7, 11) is 0. The molecule has 0 aliphatic heterocycles. The fraction of sp³-hybridized carbons (Fsp3) is 0.385. The molecule has 0 aromatic heterocycles.